The zero-order valence-corrected chi connectivity index (χ0v) is 13.4. The molecule has 1 aromatic heterocycles. The Morgan fingerprint density at radius 3 is 2.44 bits per heavy atom. The molecule has 0 saturated carbocycles. The molecule has 3 aromatic rings. The third-order valence-electron chi connectivity index (χ3n) is 3.56. The van der Waals surface area contributed by atoms with Crippen LogP contribution in [0.3, 0.4) is 0 Å². The smallest absolute Gasteiger partial charge is 0.265 e. The van der Waals surface area contributed by atoms with Crippen LogP contribution in [-0.4, -0.2) is 30.3 Å². The lowest BCUT2D eigenvalue weighted by Crippen LogP contribution is -2.13. The minimum atomic E-state index is -0.756. The summed E-state index contributed by atoms with van der Waals surface area (Å²) in [5, 5.41) is 3.84. The highest BCUT2D eigenvalue weighted by Crippen LogP contribution is 2.35. The van der Waals surface area contributed by atoms with E-state index in [9.17, 15) is 9.18 Å². The fourth-order valence-corrected chi connectivity index (χ4v) is 2.35. The summed E-state index contributed by atoms with van der Waals surface area (Å²) in [5.74, 6) is -0.682. The molecule has 0 unspecified atom stereocenters. The van der Waals surface area contributed by atoms with Gasteiger partial charge in [-0.1, -0.05) is 5.16 Å². The Balaban J connectivity index is 2.07. The van der Waals surface area contributed by atoms with Crippen molar-refractivity contribution in [2.24, 2.45) is 5.73 Å². The quantitative estimate of drug-likeness (QED) is 0.764. The number of nitrogens with two attached hydrogens (primary N) is 1. The predicted molar refractivity (Wildman–Crippen MR) is 86.7 cm³/mol. The molecular formula is C17H14FN3O4. The number of amides is 1. The molecule has 0 spiro atoms. The van der Waals surface area contributed by atoms with Crippen molar-refractivity contribution in [1.82, 2.24) is 10.1 Å². The minimum absolute atomic E-state index is 0.0168. The van der Waals surface area contributed by atoms with Crippen molar-refractivity contribution in [3.8, 4) is 34.3 Å². The number of hydrogen-bond acceptors (Lipinski definition) is 6. The van der Waals surface area contributed by atoms with Gasteiger partial charge in [0.25, 0.3) is 11.8 Å². The lowest BCUT2D eigenvalue weighted by Gasteiger charge is -2.09. The van der Waals surface area contributed by atoms with Crippen LogP contribution in [-0.2, 0) is 0 Å². The zero-order valence-electron chi connectivity index (χ0n) is 13.4. The van der Waals surface area contributed by atoms with E-state index in [1.54, 1.807) is 31.4 Å². The standard InChI is InChI=1S/C17H14FN3O4/c1-23-10-5-3-9(4-6-10)16-20-17(25-21-16)13-12(18)8-7-11(15(19)22)14(13)24-2/h3-8H,1-2H3,(H2,19,22). The van der Waals surface area contributed by atoms with Gasteiger partial charge >= 0.3 is 0 Å². The first-order valence-corrected chi connectivity index (χ1v) is 7.20. The van der Waals surface area contributed by atoms with Gasteiger partial charge in [0.15, 0.2) is 0 Å². The summed E-state index contributed by atoms with van der Waals surface area (Å²) in [6.07, 6.45) is 0. The van der Waals surface area contributed by atoms with E-state index in [0.717, 1.165) is 6.07 Å². The van der Waals surface area contributed by atoms with Crippen molar-refractivity contribution in [3.05, 3.63) is 47.8 Å². The monoisotopic (exact) mass is 343 g/mol. The van der Waals surface area contributed by atoms with Crippen molar-refractivity contribution >= 4 is 5.91 Å². The predicted octanol–water partition coefficient (Wildman–Crippen LogP) is 2.66. The van der Waals surface area contributed by atoms with Gasteiger partial charge in [0.2, 0.25) is 5.82 Å². The number of rotatable bonds is 5. The maximum absolute atomic E-state index is 14.3. The van der Waals surface area contributed by atoms with E-state index < -0.39 is 11.7 Å². The van der Waals surface area contributed by atoms with Crippen LogP contribution in [0.15, 0.2) is 40.9 Å². The Bertz CT molecular complexity index is 922. The molecule has 128 valence electrons. The minimum Gasteiger partial charge on any atom is -0.497 e. The van der Waals surface area contributed by atoms with E-state index in [4.69, 9.17) is 19.7 Å². The van der Waals surface area contributed by atoms with Crippen molar-refractivity contribution in [1.29, 1.82) is 0 Å². The molecule has 1 amide bonds. The number of nitrogens with zero attached hydrogens (tertiary/aromatic N) is 2. The van der Waals surface area contributed by atoms with E-state index in [1.165, 1.54) is 13.2 Å². The van der Waals surface area contributed by atoms with Gasteiger partial charge in [-0.25, -0.2) is 4.39 Å². The molecule has 3 rings (SSSR count). The van der Waals surface area contributed by atoms with Gasteiger partial charge in [-0.3, -0.25) is 4.79 Å². The lowest BCUT2D eigenvalue weighted by molar-refractivity contribution is 0.0997. The number of carbonyl (C=O) groups excluding carboxylic acids is 1. The Morgan fingerprint density at radius 1 is 1.12 bits per heavy atom. The molecule has 7 nitrogen and oxygen atoms in total. The number of primary amides is 1. The van der Waals surface area contributed by atoms with Crippen LogP contribution in [0.25, 0.3) is 22.8 Å². The molecule has 2 aromatic carbocycles. The molecule has 1 heterocycles. The molecule has 8 heteroatoms. The van der Waals surface area contributed by atoms with E-state index in [0.29, 0.717) is 11.3 Å². The number of methoxy groups -OCH3 is 2. The molecule has 2 N–H and O–H groups in total. The molecule has 25 heavy (non-hydrogen) atoms. The first-order valence-electron chi connectivity index (χ1n) is 7.20. The third-order valence-corrected chi connectivity index (χ3v) is 3.56. The van der Waals surface area contributed by atoms with Crippen LogP contribution in [0.5, 0.6) is 11.5 Å². The maximum atomic E-state index is 14.3. The SMILES string of the molecule is COc1ccc(-c2noc(-c3c(F)ccc(C(N)=O)c3OC)n2)cc1. The fourth-order valence-electron chi connectivity index (χ4n) is 2.35. The van der Waals surface area contributed by atoms with Crippen LogP contribution in [0.2, 0.25) is 0 Å². The highest BCUT2D eigenvalue weighted by atomic mass is 19.1. The van der Waals surface area contributed by atoms with Gasteiger partial charge in [0.1, 0.15) is 22.9 Å². The Hall–Kier alpha value is -3.42. The number of halogens is 1. The molecular weight excluding hydrogens is 329 g/mol. The second kappa shape index (κ2) is 6.60. The molecule has 0 aliphatic rings. The molecule has 0 atom stereocenters. The van der Waals surface area contributed by atoms with Crippen molar-refractivity contribution in [2.45, 2.75) is 0 Å². The van der Waals surface area contributed by atoms with Gasteiger partial charge in [0.05, 0.1) is 19.8 Å². The molecule has 0 saturated heterocycles. The Kier molecular flexibility index (Phi) is 4.34. The van der Waals surface area contributed by atoms with Gasteiger partial charge in [-0.15, -0.1) is 0 Å². The molecule has 0 radical (unpaired) electrons. The van der Waals surface area contributed by atoms with Crippen molar-refractivity contribution in [3.63, 3.8) is 0 Å². The summed E-state index contributed by atoms with van der Waals surface area (Å²) < 4.78 is 29.7. The summed E-state index contributed by atoms with van der Waals surface area (Å²) in [4.78, 5) is 15.7. The Morgan fingerprint density at radius 2 is 1.84 bits per heavy atom. The first kappa shape index (κ1) is 16.4. The summed E-state index contributed by atoms with van der Waals surface area (Å²) in [5.41, 5.74) is 5.84. The molecule has 0 bridgehead atoms. The highest BCUT2D eigenvalue weighted by Gasteiger charge is 2.24. The van der Waals surface area contributed by atoms with Crippen molar-refractivity contribution < 1.29 is 23.2 Å². The number of aromatic nitrogens is 2. The van der Waals surface area contributed by atoms with E-state index >= 15 is 0 Å². The number of carbonyl (C=O) groups is 1. The number of ether oxygens (including phenoxy) is 2. The van der Waals surface area contributed by atoms with E-state index in [2.05, 4.69) is 10.1 Å². The lowest BCUT2D eigenvalue weighted by atomic mass is 10.1. The van der Waals surface area contributed by atoms with Crippen molar-refractivity contribution in [2.75, 3.05) is 14.2 Å². The normalized spacial score (nSPS) is 10.5. The third kappa shape index (κ3) is 3.01. The summed E-state index contributed by atoms with van der Waals surface area (Å²) >= 11 is 0. The Labute approximate surface area is 142 Å². The van der Waals surface area contributed by atoms with Gasteiger partial charge < -0.3 is 19.7 Å². The topological polar surface area (TPSA) is 100 Å². The largest absolute Gasteiger partial charge is 0.497 e. The van der Waals surface area contributed by atoms with Crippen LogP contribution in [0, 0.1) is 5.82 Å². The second-order valence-electron chi connectivity index (χ2n) is 5.02. The fraction of sp³-hybridized carbons (Fsp3) is 0.118. The maximum Gasteiger partial charge on any atom is 0.265 e. The van der Waals surface area contributed by atoms with Crippen LogP contribution in [0.1, 0.15) is 10.4 Å². The average Bonchev–Trinajstić information content (AvgIpc) is 3.10. The summed E-state index contributed by atoms with van der Waals surface area (Å²) in [6.45, 7) is 0. The average molecular weight is 343 g/mol. The molecule has 0 aliphatic carbocycles. The highest BCUT2D eigenvalue weighted by molar-refractivity contribution is 5.98. The van der Waals surface area contributed by atoms with Gasteiger partial charge in [0, 0.05) is 5.56 Å². The first-order chi connectivity index (χ1) is 12.0. The van der Waals surface area contributed by atoms with Gasteiger partial charge in [-0.2, -0.15) is 4.98 Å². The van der Waals surface area contributed by atoms with Crippen LogP contribution >= 0.6 is 0 Å². The molecule has 0 fully saturated rings. The number of hydrogen-bond donors (Lipinski definition) is 1. The van der Waals surface area contributed by atoms with Gasteiger partial charge in [-0.05, 0) is 36.4 Å². The van der Waals surface area contributed by atoms with E-state index in [-0.39, 0.29) is 28.6 Å². The van der Waals surface area contributed by atoms with Crippen LogP contribution < -0.4 is 15.2 Å². The zero-order chi connectivity index (χ0) is 18.0. The summed E-state index contributed by atoms with van der Waals surface area (Å²) in [6, 6.07) is 9.28. The summed E-state index contributed by atoms with van der Waals surface area (Å²) in [7, 11) is 2.85. The van der Waals surface area contributed by atoms with Crippen LogP contribution in [0.4, 0.5) is 4.39 Å². The molecule has 0 aliphatic heterocycles. The second-order valence-corrected chi connectivity index (χ2v) is 5.02. The number of benzene rings is 2. The van der Waals surface area contributed by atoms with E-state index in [1.807, 2.05) is 0 Å².